The van der Waals surface area contributed by atoms with Gasteiger partial charge in [-0.3, -0.25) is 0 Å². The van der Waals surface area contributed by atoms with Gasteiger partial charge in [-0.25, -0.2) is 9.37 Å². The minimum absolute atomic E-state index is 0.247. The lowest BCUT2D eigenvalue weighted by atomic mass is 10.1. The molecule has 0 bridgehead atoms. The highest BCUT2D eigenvalue weighted by Gasteiger charge is 2.54. The Morgan fingerprint density at radius 1 is 1.24 bits per heavy atom. The molecule has 1 N–H and O–H groups in total. The summed E-state index contributed by atoms with van der Waals surface area (Å²) in [5.74, 6) is 0.288. The number of benzene rings is 1. The number of hydrogen-bond acceptors (Lipinski definition) is 5. The maximum absolute atomic E-state index is 13.0. The third-order valence-corrected chi connectivity index (χ3v) is 5.13. The van der Waals surface area contributed by atoms with Crippen LogP contribution in [0.2, 0.25) is 0 Å². The third-order valence-electron chi connectivity index (χ3n) is 4.59. The monoisotopic (exact) mass is 403 g/mol. The van der Waals surface area contributed by atoms with E-state index < -0.39 is 5.60 Å². The molecule has 128 valence electrons. The zero-order valence-electron chi connectivity index (χ0n) is 13.4. The lowest BCUT2D eigenvalue weighted by molar-refractivity contribution is 0.124. The van der Waals surface area contributed by atoms with Crippen molar-refractivity contribution in [1.29, 1.82) is 0 Å². The fourth-order valence-electron chi connectivity index (χ4n) is 2.98. The maximum Gasteiger partial charge on any atom is 0.228 e. The first-order chi connectivity index (χ1) is 12.0. The summed E-state index contributed by atoms with van der Waals surface area (Å²) in [5.41, 5.74) is 1.44. The molecule has 1 unspecified atom stereocenters. The van der Waals surface area contributed by atoms with Gasteiger partial charge >= 0.3 is 0 Å². The topological polar surface area (TPSA) is 72.0 Å². The molecule has 2 atom stereocenters. The Balaban J connectivity index is 1.63. The number of aromatic nitrogens is 3. The molecular weight excluding hydrogens is 389 g/mol. The first-order valence-electron chi connectivity index (χ1n) is 8.00. The lowest BCUT2D eigenvalue weighted by Crippen LogP contribution is -2.11. The minimum atomic E-state index is -0.847. The van der Waals surface area contributed by atoms with Crippen molar-refractivity contribution in [3.8, 4) is 22.8 Å². The van der Waals surface area contributed by atoms with E-state index in [0.29, 0.717) is 33.2 Å². The van der Waals surface area contributed by atoms with Gasteiger partial charge in [-0.05, 0) is 64.7 Å². The molecule has 4 rings (SSSR count). The molecule has 1 saturated carbocycles. The van der Waals surface area contributed by atoms with Crippen LogP contribution in [-0.4, -0.2) is 20.3 Å². The summed E-state index contributed by atoms with van der Waals surface area (Å²) in [6, 6.07) is 9.43. The Labute approximate surface area is 152 Å². The second-order valence-corrected chi connectivity index (χ2v) is 6.91. The van der Waals surface area contributed by atoms with Gasteiger partial charge in [0.1, 0.15) is 22.8 Å². The third kappa shape index (κ3) is 2.87. The predicted octanol–water partition coefficient (Wildman–Crippen LogP) is 4.32. The number of rotatable bonds is 4. The van der Waals surface area contributed by atoms with E-state index in [1.807, 2.05) is 6.92 Å². The summed E-state index contributed by atoms with van der Waals surface area (Å²) >= 11 is 3.34. The van der Waals surface area contributed by atoms with E-state index in [2.05, 4.69) is 31.1 Å². The van der Waals surface area contributed by atoms with Crippen LogP contribution in [-0.2, 0) is 5.60 Å². The molecule has 0 radical (unpaired) electrons. The highest BCUT2D eigenvalue weighted by atomic mass is 79.9. The molecule has 2 heterocycles. The van der Waals surface area contributed by atoms with Gasteiger partial charge in [-0.1, -0.05) is 13.3 Å². The first kappa shape index (κ1) is 16.4. The van der Waals surface area contributed by atoms with Crippen molar-refractivity contribution in [2.75, 3.05) is 0 Å². The number of hydrogen-bond donors (Lipinski definition) is 1. The molecule has 1 aromatic carbocycles. The van der Waals surface area contributed by atoms with Crippen molar-refractivity contribution in [2.45, 2.75) is 25.4 Å². The molecule has 5 nitrogen and oxygen atoms in total. The maximum atomic E-state index is 13.0. The van der Waals surface area contributed by atoms with Crippen molar-refractivity contribution in [3.05, 3.63) is 52.6 Å². The van der Waals surface area contributed by atoms with Crippen molar-refractivity contribution in [2.24, 2.45) is 5.92 Å². The minimum Gasteiger partial charge on any atom is -0.429 e. The number of halogens is 2. The summed E-state index contributed by atoms with van der Waals surface area (Å²) in [6.45, 7) is 2.05. The van der Waals surface area contributed by atoms with E-state index >= 15 is 0 Å². The van der Waals surface area contributed by atoms with E-state index in [9.17, 15) is 9.50 Å². The standard InChI is InChI=1S/C18H15BrFN3O2/c1-2-11-9-18(11,24)14-8-7-13(22-23-14)15-16(19)25-17(21-15)10-3-5-12(20)6-4-10/h3-8,11,24H,2,9H2,1H3/t11-,18?/m1/s1. The number of oxazole rings is 1. The van der Waals surface area contributed by atoms with Crippen molar-refractivity contribution >= 4 is 15.9 Å². The fraction of sp³-hybridized carbons (Fsp3) is 0.278. The van der Waals surface area contributed by atoms with Crippen LogP contribution in [0.5, 0.6) is 0 Å². The molecule has 3 aromatic rings. The van der Waals surface area contributed by atoms with Gasteiger partial charge in [0.25, 0.3) is 0 Å². The molecule has 1 aliphatic rings. The molecule has 1 fully saturated rings. The summed E-state index contributed by atoms with van der Waals surface area (Å²) in [5, 5.41) is 18.8. The molecule has 0 spiro atoms. The lowest BCUT2D eigenvalue weighted by Gasteiger charge is -2.08. The van der Waals surface area contributed by atoms with Crippen LogP contribution in [0.1, 0.15) is 25.5 Å². The smallest absolute Gasteiger partial charge is 0.228 e. The van der Waals surface area contributed by atoms with Gasteiger partial charge in [-0.15, -0.1) is 5.10 Å². The van der Waals surface area contributed by atoms with Crippen LogP contribution in [0.25, 0.3) is 22.8 Å². The predicted molar refractivity (Wildman–Crippen MR) is 92.9 cm³/mol. The molecule has 25 heavy (non-hydrogen) atoms. The Hall–Kier alpha value is -2.12. The normalized spacial score (nSPS) is 22.2. The Morgan fingerprint density at radius 2 is 2.00 bits per heavy atom. The largest absolute Gasteiger partial charge is 0.429 e. The fourth-order valence-corrected chi connectivity index (χ4v) is 3.42. The van der Waals surface area contributed by atoms with Crippen LogP contribution in [0.4, 0.5) is 4.39 Å². The van der Waals surface area contributed by atoms with E-state index in [0.717, 1.165) is 12.8 Å². The Bertz CT molecular complexity index is 911. The van der Waals surface area contributed by atoms with Crippen LogP contribution < -0.4 is 0 Å². The van der Waals surface area contributed by atoms with Crippen LogP contribution >= 0.6 is 15.9 Å². The van der Waals surface area contributed by atoms with Gasteiger partial charge < -0.3 is 9.52 Å². The Kier molecular flexibility index (Phi) is 3.92. The van der Waals surface area contributed by atoms with Gasteiger partial charge in [0.05, 0.1) is 5.69 Å². The number of aliphatic hydroxyl groups is 1. The molecule has 0 saturated heterocycles. The highest BCUT2D eigenvalue weighted by molar-refractivity contribution is 9.10. The van der Waals surface area contributed by atoms with Crippen molar-refractivity contribution in [1.82, 2.24) is 15.2 Å². The van der Waals surface area contributed by atoms with Gasteiger partial charge in [0.2, 0.25) is 5.89 Å². The molecule has 1 aliphatic carbocycles. The summed E-state index contributed by atoms with van der Waals surface area (Å²) < 4.78 is 19.1. The number of nitrogens with zero attached hydrogens (tertiary/aromatic N) is 3. The molecular formula is C18H15BrFN3O2. The summed E-state index contributed by atoms with van der Waals surface area (Å²) in [4.78, 5) is 4.42. The van der Waals surface area contributed by atoms with E-state index in [-0.39, 0.29) is 11.7 Å². The average molecular weight is 404 g/mol. The van der Waals surface area contributed by atoms with Gasteiger partial charge in [0, 0.05) is 5.56 Å². The quantitative estimate of drug-likeness (QED) is 0.702. The average Bonchev–Trinajstić information content (AvgIpc) is 3.16. The summed E-state index contributed by atoms with van der Waals surface area (Å²) in [7, 11) is 0. The van der Waals surface area contributed by atoms with E-state index in [1.54, 1.807) is 24.3 Å². The van der Waals surface area contributed by atoms with E-state index in [1.165, 1.54) is 12.1 Å². The molecule has 7 heteroatoms. The SMILES string of the molecule is CC[C@@H]1CC1(O)c1ccc(-c2nc(-c3ccc(F)cc3)oc2Br)nn1. The second-order valence-electron chi connectivity index (χ2n) is 6.19. The first-order valence-corrected chi connectivity index (χ1v) is 8.80. The molecule has 2 aromatic heterocycles. The van der Waals surface area contributed by atoms with E-state index in [4.69, 9.17) is 4.42 Å². The van der Waals surface area contributed by atoms with Gasteiger partial charge in [0.15, 0.2) is 4.67 Å². The molecule has 0 amide bonds. The Morgan fingerprint density at radius 3 is 2.60 bits per heavy atom. The van der Waals surface area contributed by atoms with Crippen LogP contribution in [0.15, 0.2) is 45.5 Å². The zero-order chi connectivity index (χ0) is 17.6. The molecule has 0 aliphatic heterocycles. The summed E-state index contributed by atoms with van der Waals surface area (Å²) in [6.07, 6.45) is 1.63. The zero-order valence-corrected chi connectivity index (χ0v) is 15.0. The van der Waals surface area contributed by atoms with Crippen molar-refractivity contribution < 1.29 is 13.9 Å². The van der Waals surface area contributed by atoms with Crippen LogP contribution in [0.3, 0.4) is 0 Å². The van der Waals surface area contributed by atoms with Crippen LogP contribution in [0, 0.1) is 11.7 Å². The highest BCUT2D eigenvalue weighted by Crippen LogP contribution is 2.52. The van der Waals surface area contributed by atoms with Crippen molar-refractivity contribution in [3.63, 3.8) is 0 Å². The van der Waals surface area contributed by atoms with Gasteiger partial charge in [-0.2, -0.15) is 5.10 Å². The second kappa shape index (κ2) is 6.00.